The number of pyridine rings is 1. The summed E-state index contributed by atoms with van der Waals surface area (Å²) in [5.41, 5.74) is 7.01. The average molecular weight is 349 g/mol. The summed E-state index contributed by atoms with van der Waals surface area (Å²) < 4.78 is 13.9. The summed E-state index contributed by atoms with van der Waals surface area (Å²) in [5.74, 6) is 0.738. The Morgan fingerprint density at radius 2 is 1.81 bits per heavy atom. The fourth-order valence-corrected chi connectivity index (χ4v) is 3.24. The van der Waals surface area contributed by atoms with Crippen LogP contribution < -0.4 is 15.5 Å². The molecular weight excluding hydrogens is 333 g/mol. The molecule has 1 fully saturated rings. The van der Waals surface area contributed by atoms with E-state index in [1.807, 2.05) is 17.0 Å². The van der Waals surface area contributed by atoms with Crippen LogP contribution in [0.25, 0.3) is 11.0 Å². The van der Waals surface area contributed by atoms with Crippen molar-refractivity contribution >= 4 is 28.4 Å². The van der Waals surface area contributed by atoms with Gasteiger partial charge in [-0.25, -0.2) is 19.3 Å². The standard InChI is InChI=1S/C18H16FN7/c19-14-2-1-3-15(13(14)10-20)25-6-8-26(9-7-25)18-12-4-5-16(21)24-17(12)22-11-23-18/h1-5,11H,6-9H2,(H2,21,22,23,24). The molecule has 7 nitrogen and oxygen atoms in total. The Balaban J connectivity index is 1.58. The number of fused-ring (bicyclic) bond motifs is 1. The molecule has 1 saturated heterocycles. The van der Waals surface area contributed by atoms with Crippen molar-refractivity contribution in [1.82, 2.24) is 15.0 Å². The largest absolute Gasteiger partial charge is 0.384 e. The van der Waals surface area contributed by atoms with Gasteiger partial charge in [-0.1, -0.05) is 6.07 Å². The maximum atomic E-state index is 13.9. The number of hydrogen-bond acceptors (Lipinski definition) is 7. The molecule has 0 spiro atoms. The van der Waals surface area contributed by atoms with Crippen molar-refractivity contribution < 1.29 is 4.39 Å². The molecule has 8 heteroatoms. The topological polar surface area (TPSA) is 95.0 Å². The monoisotopic (exact) mass is 349 g/mol. The lowest BCUT2D eigenvalue weighted by atomic mass is 10.1. The number of rotatable bonds is 2. The SMILES string of the molecule is N#Cc1c(F)cccc1N1CCN(c2ncnc3nc(N)ccc23)CC1. The molecule has 1 aliphatic rings. The van der Waals surface area contributed by atoms with Gasteiger partial charge in [0.15, 0.2) is 5.65 Å². The van der Waals surface area contributed by atoms with Crippen molar-refractivity contribution in [3.63, 3.8) is 0 Å². The Morgan fingerprint density at radius 1 is 1.04 bits per heavy atom. The number of nitriles is 1. The molecule has 4 rings (SSSR count). The first-order valence-electron chi connectivity index (χ1n) is 8.23. The van der Waals surface area contributed by atoms with Gasteiger partial charge in [-0.2, -0.15) is 5.26 Å². The molecule has 2 aromatic heterocycles. The number of benzene rings is 1. The van der Waals surface area contributed by atoms with Gasteiger partial charge in [-0.15, -0.1) is 0 Å². The first-order valence-corrected chi connectivity index (χ1v) is 8.23. The van der Waals surface area contributed by atoms with E-state index in [9.17, 15) is 9.65 Å². The minimum atomic E-state index is -0.488. The summed E-state index contributed by atoms with van der Waals surface area (Å²) in [5, 5.41) is 10.1. The van der Waals surface area contributed by atoms with E-state index < -0.39 is 5.82 Å². The molecule has 0 radical (unpaired) electrons. The van der Waals surface area contributed by atoms with Gasteiger partial charge in [0.05, 0.1) is 11.1 Å². The molecule has 0 atom stereocenters. The number of nitrogens with zero attached hydrogens (tertiary/aromatic N) is 6. The van der Waals surface area contributed by atoms with Gasteiger partial charge in [0.25, 0.3) is 0 Å². The van der Waals surface area contributed by atoms with Crippen molar-refractivity contribution in [2.45, 2.75) is 0 Å². The minimum absolute atomic E-state index is 0.0908. The second-order valence-electron chi connectivity index (χ2n) is 6.02. The maximum Gasteiger partial charge on any atom is 0.166 e. The lowest BCUT2D eigenvalue weighted by Gasteiger charge is -2.37. The third-order valence-electron chi connectivity index (χ3n) is 4.52. The average Bonchev–Trinajstić information content (AvgIpc) is 2.67. The van der Waals surface area contributed by atoms with Crippen LogP contribution in [-0.4, -0.2) is 41.1 Å². The van der Waals surface area contributed by atoms with Crippen LogP contribution in [0, 0.1) is 17.1 Å². The Morgan fingerprint density at radius 3 is 2.58 bits per heavy atom. The fraction of sp³-hybridized carbons (Fsp3) is 0.222. The van der Waals surface area contributed by atoms with Gasteiger partial charge in [-0.05, 0) is 24.3 Å². The predicted molar refractivity (Wildman–Crippen MR) is 97.3 cm³/mol. The molecule has 2 N–H and O–H groups in total. The highest BCUT2D eigenvalue weighted by Gasteiger charge is 2.23. The Kier molecular flexibility index (Phi) is 3.97. The smallest absolute Gasteiger partial charge is 0.166 e. The first kappa shape index (κ1) is 16.0. The third-order valence-corrected chi connectivity index (χ3v) is 4.52. The summed E-state index contributed by atoms with van der Waals surface area (Å²) in [6, 6.07) is 10.3. The van der Waals surface area contributed by atoms with E-state index in [1.165, 1.54) is 12.4 Å². The van der Waals surface area contributed by atoms with Crippen LogP contribution in [0.15, 0.2) is 36.7 Å². The van der Waals surface area contributed by atoms with Crippen LogP contribution in [0.4, 0.5) is 21.7 Å². The summed E-state index contributed by atoms with van der Waals surface area (Å²) in [4.78, 5) is 17.0. The molecule has 0 aliphatic carbocycles. The highest BCUT2D eigenvalue weighted by Crippen LogP contribution is 2.27. The number of halogens is 1. The molecule has 3 heterocycles. The van der Waals surface area contributed by atoms with Gasteiger partial charge in [0, 0.05) is 26.2 Å². The van der Waals surface area contributed by atoms with Gasteiger partial charge in [0.1, 0.15) is 35.4 Å². The molecule has 0 saturated carbocycles. The molecule has 130 valence electrons. The number of anilines is 3. The van der Waals surface area contributed by atoms with E-state index in [0.29, 0.717) is 43.3 Å². The van der Waals surface area contributed by atoms with Gasteiger partial charge in [-0.3, -0.25) is 0 Å². The lowest BCUT2D eigenvalue weighted by molar-refractivity contribution is 0.615. The van der Waals surface area contributed by atoms with Crippen molar-refractivity contribution in [3.8, 4) is 6.07 Å². The van der Waals surface area contributed by atoms with Crippen molar-refractivity contribution in [1.29, 1.82) is 5.26 Å². The van der Waals surface area contributed by atoms with E-state index in [1.54, 1.807) is 18.2 Å². The van der Waals surface area contributed by atoms with Gasteiger partial charge < -0.3 is 15.5 Å². The second-order valence-corrected chi connectivity index (χ2v) is 6.02. The van der Waals surface area contributed by atoms with Crippen molar-refractivity contribution in [3.05, 3.63) is 48.0 Å². The molecular formula is C18H16FN7. The molecule has 0 unspecified atom stereocenters. The minimum Gasteiger partial charge on any atom is -0.384 e. The first-order chi connectivity index (χ1) is 12.7. The Bertz CT molecular complexity index is 1010. The quantitative estimate of drug-likeness (QED) is 0.755. The number of aromatic nitrogens is 3. The molecule has 26 heavy (non-hydrogen) atoms. The van der Waals surface area contributed by atoms with Gasteiger partial charge in [0.2, 0.25) is 0 Å². The van der Waals surface area contributed by atoms with Gasteiger partial charge >= 0.3 is 0 Å². The van der Waals surface area contributed by atoms with E-state index in [-0.39, 0.29) is 5.56 Å². The highest BCUT2D eigenvalue weighted by atomic mass is 19.1. The molecule has 0 bridgehead atoms. The zero-order valence-electron chi connectivity index (χ0n) is 13.9. The zero-order valence-corrected chi connectivity index (χ0v) is 13.9. The lowest BCUT2D eigenvalue weighted by Crippen LogP contribution is -2.47. The molecule has 1 aromatic carbocycles. The van der Waals surface area contributed by atoms with Crippen LogP contribution in [0.1, 0.15) is 5.56 Å². The second kappa shape index (κ2) is 6.44. The summed E-state index contributed by atoms with van der Waals surface area (Å²) >= 11 is 0. The molecule has 0 amide bonds. The van der Waals surface area contributed by atoms with Crippen LogP contribution >= 0.6 is 0 Å². The summed E-state index contributed by atoms with van der Waals surface area (Å²) in [7, 11) is 0. The molecule has 1 aliphatic heterocycles. The van der Waals surface area contributed by atoms with Crippen molar-refractivity contribution in [2.24, 2.45) is 0 Å². The predicted octanol–water partition coefficient (Wildman–Crippen LogP) is 1.94. The maximum absolute atomic E-state index is 13.9. The Hall–Kier alpha value is -3.47. The Labute approximate surface area is 149 Å². The zero-order chi connectivity index (χ0) is 18.1. The number of nitrogen functional groups attached to an aromatic ring is 1. The third kappa shape index (κ3) is 2.73. The van der Waals surface area contributed by atoms with E-state index in [2.05, 4.69) is 19.9 Å². The van der Waals surface area contributed by atoms with E-state index >= 15 is 0 Å². The van der Waals surface area contributed by atoms with Crippen molar-refractivity contribution in [2.75, 3.05) is 41.7 Å². The van der Waals surface area contributed by atoms with E-state index in [0.717, 1.165) is 11.2 Å². The highest BCUT2D eigenvalue weighted by molar-refractivity contribution is 5.87. The molecule has 3 aromatic rings. The van der Waals surface area contributed by atoms with Crippen LogP contribution in [0.2, 0.25) is 0 Å². The van der Waals surface area contributed by atoms with Crippen LogP contribution in [0.3, 0.4) is 0 Å². The number of nitrogens with two attached hydrogens (primary N) is 1. The van der Waals surface area contributed by atoms with Crippen LogP contribution in [-0.2, 0) is 0 Å². The summed E-state index contributed by atoms with van der Waals surface area (Å²) in [6.45, 7) is 2.70. The number of hydrogen-bond donors (Lipinski definition) is 1. The fourth-order valence-electron chi connectivity index (χ4n) is 3.24. The number of piperazine rings is 1. The normalized spacial score (nSPS) is 14.5. The summed E-state index contributed by atoms with van der Waals surface area (Å²) in [6.07, 6.45) is 1.48. The van der Waals surface area contributed by atoms with Crippen LogP contribution in [0.5, 0.6) is 0 Å². The van der Waals surface area contributed by atoms with E-state index in [4.69, 9.17) is 5.73 Å².